The van der Waals surface area contributed by atoms with Crippen LogP contribution >= 0.6 is 23.1 Å². The number of morpholine rings is 1. The van der Waals surface area contributed by atoms with Gasteiger partial charge in [-0.15, -0.1) is 11.3 Å². The van der Waals surface area contributed by atoms with E-state index in [0.717, 1.165) is 67.1 Å². The average Bonchev–Trinajstić information content (AvgIpc) is 3.03. The minimum Gasteiger partial charge on any atom is -0.378 e. The van der Waals surface area contributed by atoms with E-state index in [0.29, 0.717) is 13.1 Å². The van der Waals surface area contributed by atoms with Crippen molar-refractivity contribution in [2.75, 3.05) is 69.9 Å². The molecule has 0 radical (unpaired) electrons. The Labute approximate surface area is 180 Å². The number of thioether (sulfide) groups is 1. The molecule has 160 valence electrons. The highest BCUT2D eigenvalue weighted by Gasteiger charge is 2.26. The van der Waals surface area contributed by atoms with E-state index >= 15 is 0 Å². The number of sulfonamides is 1. The van der Waals surface area contributed by atoms with Crippen molar-refractivity contribution in [3.8, 4) is 0 Å². The fourth-order valence-corrected chi connectivity index (χ4v) is 6.24. The Morgan fingerprint density at radius 3 is 2.41 bits per heavy atom. The number of ether oxygens (including phenoxy) is 1. The predicted octanol–water partition coefficient (Wildman–Crippen LogP) is 1.64. The van der Waals surface area contributed by atoms with Gasteiger partial charge in [0.05, 0.1) is 29.7 Å². The molecule has 0 N–H and O–H groups in total. The topological polar surface area (TPSA) is 78.9 Å². The van der Waals surface area contributed by atoms with E-state index in [-0.39, 0.29) is 0 Å². The molecule has 4 heterocycles. The Balaban J connectivity index is 1.60. The molecule has 0 aromatic carbocycles. The molecular weight excluding hydrogens is 430 g/mol. The quantitative estimate of drug-likeness (QED) is 0.495. The number of hydrogen-bond acceptors (Lipinski definition) is 9. The number of anilines is 1. The summed E-state index contributed by atoms with van der Waals surface area (Å²) in [7, 11) is -3.10. The van der Waals surface area contributed by atoms with Crippen LogP contribution in [0.25, 0.3) is 10.2 Å². The van der Waals surface area contributed by atoms with Crippen molar-refractivity contribution in [2.24, 2.45) is 0 Å². The number of piperazine rings is 1. The van der Waals surface area contributed by atoms with Crippen molar-refractivity contribution in [3.63, 3.8) is 0 Å². The third-order valence-corrected chi connectivity index (χ3v) is 8.60. The van der Waals surface area contributed by atoms with Gasteiger partial charge < -0.3 is 9.64 Å². The van der Waals surface area contributed by atoms with E-state index in [1.54, 1.807) is 27.4 Å². The third-order valence-electron chi connectivity index (χ3n) is 5.49. The summed E-state index contributed by atoms with van der Waals surface area (Å²) in [6.07, 6.45) is 3.29. The maximum atomic E-state index is 11.7. The van der Waals surface area contributed by atoms with Crippen LogP contribution in [0.2, 0.25) is 0 Å². The molecule has 0 unspecified atom stereocenters. The van der Waals surface area contributed by atoms with Crippen molar-refractivity contribution in [1.82, 2.24) is 19.2 Å². The fourth-order valence-electron chi connectivity index (χ4n) is 3.75. The minimum absolute atomic E-state index is 0.554. The number of aromatic nitrogens is 2. The Bertz CT molecular complexity index is 980. The Hall–Kier alpha value is -0.980. The number of aryl methyl sites for hydroxylation is 1. The van der Waals surface area contributed by atoms with Gasteiger partial charge in [-0.25, -0.2) is 18.4 Å². The van der Waals surface area contributed by atoms with Gasteiger partial charge in [-0.3, -0.25) is 4.90 Å². The summed E-state index contributed by atoms with van der Waals surface area (Å²) in [5.74, 6) is 1.02. The summed E-state index contributed by atoms with van der Waals surface area (Å²) in [5, 5.41) is 0.799. The smallest absolute Gasteiger partial charge is 0.211 e. The molecule has 2 aromatic rings. The van der Waals surface area contributed by atoms with E-state index in [4.69, 9.17) is 14.7 Å². The molecular formula is C18H27N5O3S3. The number of hydrogen-bond donors (Lipinski definition) is 0. The van der Waals surface area contributed by atoms with Crippen molar-refractivity contribution >= 4 is 49.2 Å². The highest BCUT2D eigenvalue weighted by molar-refractivity contribution is 7.98. The average molecular weight is 458 g/mol. The first kappa shape index (κ1) is 21.3. The second-order valence-electron chi connectivity index (χ2n) is 7.40. The van der Waals surface area contributed by atoms with Crippen LogP contribution in [-0.4, -0.2) is 92.6 Å². The molecule has 0 atom stereocenters. The lowest BCUT2D eigenvalue weighted by Gasteiger charge is -2.33. The van der Waals surface area contributed by atoms with Gasteiger partial charge in [0.1, 0.15) is 0 Å². The van der Waals surface area contributed by atoms with Gasteiger partial charge in [-0.05, 0) is 18.7 Å². The number of thiophene rings is 1. The maximum Gasteiger partial charge on any atom is 0.211 e. The molecule has 29 heavy (non-hydrogen) atoms. The zero-order valence-corrected chi connectivity index (χ0v) is 19.5. The Morgan fingerprint density at radius 1 is 1.10 bits per heavy atom. The largest absolute Gasteiger partial charge is 0.378 e. The summed E-state index contributed by atoms with van der Waals surface area (Å²) in [4.78, 5) is 15.6. The standard InChI is InChI=1S/C18H27N5O3S3/c1-13-14(12-21-4-6-23(7-5-21)29(3,24)25)28-16-15(13)19-18(27-2)20-17(16)22-8-10-26-11-9-22/h4-12H2,1-3H3. The molecule has 0 aliphatic carbocycles. The van der Waals surface area contributed by atoms with E-state index in [1.807, 2.05) is 6.26 Å². The maximum absolute atomic E-state index is 11.7. The van der Waals surface area contributed by atoms with Gasteiger partial charge >= 0.3 is 0 Å². The third kappa shape index (κ3) is 4.54. The molecule has 0 amide bonds. The fraction of sp³-hybridized carbons (Fsp3) is 0.667. The van der Waals surface area contributed by atoms with Crippen molar-refractivity contribution in [2.45, 2.75) is 18.6 Å². The highest BCUT2D eigenvalue weighted by Crippen LogP contribution is 2.37. The van der Waals surface area contributed by atoms with Crippen molar-refractivity contribution in [1.29, 1.82) is 0 Å². The molecule has 2 saturated heterocycles. The summed E-state index contributed by atoms with van der Waals surface area (Å²) in [6.45, 7) is 8.71. The summed E-state index contributed by atoms with van der Waals surface area (Å²) < 4.78 is 31.7. The Kier molecular flexibility index (Phi) is 6.33. The van der Waals surface area contributed by atoms with E-state index in [9.17, 15) is 8.42 Å². The first-order chi connectivity index (χ1) is 13.9. The number of fused-ring (bicyclic) bond motifs is 1. The molecule has 2 fully saturated rings. The van der Waals surface area contributed by atoms with Crippen LogP contribution in [0.15, 0.2) is 5.16 Å². The molecule has 0 spiro atoms. The summed E-state index contributed by atoms with van der Waals surface area (Å²) in [5.41, 5.74) is 2.25. The van der Waals surface area contributed by atoms with Crippen LogP contribution < -0.4 is 4.90 Å². The molecule has 0 bridgehead atoms. The SMILES string of the molecule is CSc1nc(N2CCOCC2)c2sc(CN3CCN(S(C)(=O)=O)CC3)c(C)c2n1. The second kappa shape index (κ2) is 8.64. The summed E-state index contributed by atoms with van der Waals surface area (Å²) in [6, 6.07) is 0. The Morgan fingerprint density at radius 2 is 1.79 bits per heavy atom. The van der Waals surface area contributed by atoms with Crippen LogP contribution in [0.3, 0.4) is 0 Å². The van der Waals surface area contributed by atoms with E-state index in [2.05, 4.69) is 16.7 Å². The first-order valence-corrected chi connectivity index (χ1v) is 13.6. The van der Waals surface area contributed by atoms with Gasteiger partial charge in [0.25, 0.3) is 0 Å². The minimum atomic E-state index is -3.10. The van der Waals surface area contributed by atoms with Crippen molar-refractivity contribution < 1.29 is 13.2 Å². The molecule has 2 aliphatic heterocycles. The zero-order valence-electron chi connectivity index (χ0n) is 17.0. The van der Waals surface area contributed by atoms with Crippen LogP contribution in [0.1, 0.15) is 10.4 Å². The molecule has 2 aliphatic rings. The zero-order chi connectivity index (χ0) is 20.6. The summed E-state index contributed by atoms with van der Waals surface area (Å²) >= 11 is 3.34. The number of rotatable bonds is 5. The predicted molar refractivity (Wildman–Crippen MR) is 119 cm³/mol. The van der Waals surface area contributed by atoms with Crippen LogP contribution in [0.5, 0.6) is 0 Å². The van der Waals surface area contributed by atoms with Gasteiger partial charge in [0.15, 0.2) is 11.0 Å². The van der Waals surface area contributed by atoms with Crippen LogP contribution in [-0.2, 0) is 21.3 Å². The molecule has 0 saturated carbocycles. The van der Waals surface area contributed by atoms with Gasteiger partial charge in [0, 0.05) is 50.7 Å². The second-order valence-corrected chi connectivity index (χ2v) is 11.3. The highest BCUT2D eigenvalue weighted by atomic mass is 32.2. The van der Waals surface area contributed by atoms with Gasteiger partial charge in [0.2, 0.25) is 10.0 Å². The lowest BCUT2D eigenvalue weighted by Crippen LogP contribution is -2.47. The molecule has 2 aromatic heterocycles. The lowest BCUT2D eigenvalue weighted by molar-refractivity contribution is 0.122. The number of nitrogens with zero attached hydrogens (tertiary/aromatic N) is 5. The normalized spacial score (nSPS) is 19.9. The lowest BCUT2D eigenvalue weighted by atomic mass is 10.2. The van der Waals surface area contributed by atoms with Gasteiger partial charge in [-0.1, -0.05) is 11.8 Å². The van der Waals surface area contributed by atoms with Crippen LogP contribution in [0.4, 0.5) is 5.82 Å². The van der Waals surface area contributed by atoms with Gasteiger partial charge in [-0.2, -0.15) is 4.31 Å². The monoisotopic (exact) mass is 457 g/mol. The van der Waals surface area contributed by atoms with E-state index < -0.39 is 10.0 Å². The van der Waals surface area contributed by atoms with Crippen LogP contribution in [0, 0.1) is 6.92 Å². The molecule has 8 nitrogen and oxygen atoms in total. The molecule has 11 heteroatoms. The first-order valence-electron chi connectivity index (χ1n) is 9.71. The van der Waals surface area contributed by atoms with Crippen molar-refractivity contribution in [3.05, 3.63) is 10.4 Å². The molecule has 4 rings (SSSR count). The van der Waals surface area contributed by atoms with E-state index in [1.165, 1.54) is 16.7 Å².